The summed E-state index contributed by atoms with van der Waals surface area (Å²) in [5.41, 5.74) is 0. The van der Waals surface area contributed by atoms with Crippen LogP contribution in [0.4, 0.5) is 0 Å². The second-order valence-electron chi connectivity index (χ2n) is 21.7. The van der Waals surface area contributed by atoms with Gasteiger partial charge in [-0.25, -0.2) is 0 Å². The van der Waals surface area contributed by atoms with Crippen LogP contribution in [0.15, 0.2) is 24.3 Å². The number of rotatable bonds is 58. The first kappa shape index (κ1) is 67.8. The maximum absolute atomic E-state index is 12.6. The van der Waals surface area contributed by atoms with Crippen LogP contribution >= 0.6 is 0 Å². The van der Waals surface area contributed by atoms with Crippen molar-refractivity contribution in [3.05, 3.63) is 24.3 Å². The highest BCUT2D eigenvalue weighted by Crippen LogP contribution is 2.18. The van der Waals surface area contributed by atoms with Gasteiger partial charge in [-0.3, -0.25) is 4.79 Å². The summed E-state index contributed by atoms with van der Waals surface area (Å²) in [7, 11) is 0. The quantitative estimate of drug-likeness (QED) is 0.0308. The summed E-state index contributed by atoms with van der Waals surface area (Å²) in [6, 6.07) is -1.00. The highest BCUT2D eigenvalue weighted by Gasteiger charge is 2.28. The van der Waals surface area contributed by atoms with Gasteiger partial charge in [0.05, 0.1) is 18.8 Å². The van der Waals surface area contributed by atoms with E-state index >= 15 is 0 Å². The minimum absolute atomic E-state index is 0.366. The molecule has 0 aliphatic carbocycles. The van der Waals surface area contributed by atoms with Crippen molar-refractivity contribution in [2.75, 3.05) is 6.61 Å². The average molecular weight is 975 g/mol. The summed E-state index contributed by atoms with van der Waals surface area (Å²) in [5, 5.41) is 44.1. The number of hydrogen-bond acceptors (Lipinski definition) is 5. The molecule has 0 bridgehead atoms. The monoisotopic (exact) mass is 974 g/mol. The van der Waals surface area contributed by atoms with Crippen LogP contribution in [-0.2, 0) is 4.79 Å². The molecule has 0 radical (unpaired) electrons. The topological polar surface area (TPSA) is 110 Å². The molecule has 0 aliphatic rings. The van der Waals surface area contributed by atoms with E-state index < -0.39 is 36.9 Å². The summed E-state index contributed by atoms with van der Waals surface area (Å²) in [5.74, 6) is -0.587. The Morgan fingerprint density at radius 3 is 0.870 bits per heavy atom. The number of allylic oxidation sites excluding steroid dienone is 4. The van der Waals surface area contributed by atoms with Gasteiger partial charge in [0, 0.05) is 0 Å². The van der Waals surface area contributed by atoms with E-state index in [2.05, 4.69) is 43.5 Å². The van der Waals surface area contributed by atoms with E-state index in [9.17, 15) is 25.2 Å². The zero-order valence-electron chi connectivity index (χ0n) is 46.6. The number of carbonyl (C=O) groups excluding carboxylic acids is 1. The van der Waals surface area contributed by atoms with Crippen molar-refractivity contribution < 1.29 is 25.2 Å². The number of unbranched alkanes of at least 4 members (excludes halogenated alkanes) is 45. The zero-order valence-corrected chi connectivity index (χ0v) is 46.6. The predicted octanol–water partition coefficient (Wildman–Crippen LogP) is 18.6. The van der Waals surface area contributed by atoms with Gasteiger partial charge in [-0.1, -0.05) is 301 Å². The van der Waals surface area contributed by atoms with Gasteiger partial charge >= 0.3 is 0 Å². The number of hydrogen-bond donors (Lipinski definition) is 5. The number of carbonyl (C=O) groups is 1. The van der Waals surface area contributed by atoms with E-state index in [-0.39, 0.29) is 0 Å². The van der Waals surface area contributed by atoms with Gasteiger partial charge in [0.1, 0.15) is 12.2 Å². The van der Waals surface area contributed by atoms with Crippen LogP contribution in [0.3, 0.4) is 0 Å². The third-order valence-corrected chi connectivity index (χ3v) is 14.9. The Morgan fingerprint density at radius 2 is 0.594 bits per heavy atom. The summed E-state index contributed by atoms with van der Waals surface area (Å²) >= 11 is 0. The molecule has 0 aromatic carbocycles. The number of aliphatic hydroxyl groups is 4. The van der Waals surface area contributed by atoms with E-state index in [1.54, 1.807) is 0 Å². The Morgan fingerprint density at radius 1 is 0.348 bits per heavy atom. The number of nitrogens with one attached hydrogen (secondary N) is 1. The Bertz CT molecular complexity index is 1050. The van der Waals surface area contributed by atoms with Gasteiger partial charge in [-0.2, -0.15) is 0 Å². The fraction of sp³-hybridized carbons (Fsp3) is 0.921. The van der Waals surface area contributed by atoms with E-state index in [4.69, 9.17) is 0 Å². The molecule has 0 spiro atoms. The van der Waals surface area contributed by atoms with Gasteiger partial charge < -0.3 is 25.7 Å². The Labute approximate surface area is 431 Å². The minimum atomic E-state index is -1.28. The minimum Gasteiger partial charge on any atom is -0.394 e. The van der Waals surface area contributed by atoms with E-state index in [0.717, 1.165) is 38.5 Å². The van der Waals surface area contributed by atoms with Crippen molar-refractivity contribution in [2.45, 2.75) is 366 Å². The third-order valence-electron chi connectivity index (χ3n) is 14.9. The van der Waals surface area contributed by atoms with Crippen molar-refractivity contribution in [1.29, 1.82) is 0 Å². The Balaban J connectivity index is 3.58. The first-order valence-corrected chi connectivity index (χ1v) is 31.2. The molecule has 0 aromatic heterocycles. The smallest absolute Gasteiger partial charge is 0.249 e. The highest BCUT2D eigenvalue weighted by atomic mass is 16.3. The molecule has 6 heteroatoms. The molecule has 5 N–H and O–H groups in total. The van der Waals surface area contributed by atoms with Crippen LogP contribution in [0.25, 0.3) is 0 Å². The molecular weight excluding hydrogens is 851 g/mol. The third kappa shape index (κ3) is 51.5. The summed E-state index contributed by atoms with van der Waals surface area (Å²) in [6.07, 6.45) is 71.3. The molecule has 0 fully saturated rings. The first-order valence-electron chi connectivity index (χ1n) is 31.2. The molecule has 6 nitrogen and oxygen atoms in total. The van der Waals surface area contributed by atoms with Gasteiger partial charge in [-0.05, 0) is 64.2 Å². The molecule has 4 atom stereocenters. The van der Waals surface area contributed by atoms with Crippen molar-refractivity contribution in [1.82, 2.24) is 5.32 Å². The van der Waals surface area contributed by atoms with Gasteiger partial charge in [-0.15, -0.1) is 0 Å². The fourth-order valence-electron chi connectivity index (χ4n) is 9.99. The van der Waals surface area contributed by atoms with E-state index in [1.807, 2.05) is 0 Å². The second-order valence-corrected chi connectivity index (χ2v) is 21.7. The second kappa shape index (κ2) is 57.7. The van der Waals surface area contributed by atoms with E-state index in [0.29, 0.717) is 12.8 Å². The molecule has 0 saturated heterocycles. The molecule has 4 unspecified atom stereocenters. The van der Waals surface area contributed by atoms with Crippen LogP contribution in [0.1, 0.15) is 341 Å². The molecule has 1 amide bonds. The lowest BCUT2D eigenvalue weighted by Crippen LogP contribution is -2.53. The van der Waals surface area contributed by atoms with E-state index in [1.165, 1.54) is 276 Å². The summed E-state index contributed by atoms with van der Waals surface area (Å²) in [6.45, 7) is 4.09. The van der Waals surface area contributed by atoms with Crippen molar-refractivity contribution in [2.24, 2.45) is 0 Å². The van der Waals surface area contributed by atoms with Crippen LogP contribution in [-0.4, -0.2) is 57.3 Å². The molecule has 0 rings (SSSR count). The van der Waals surface area contributed by atoms with Crippen LogP contribution < -0.4 is 5.32 Å². The molecule has 0 saturated carbocycles. The zero-order chi connectivity index (χ0) is 50.2. The van der Waals surface area contributed by atoms with Crippen LogP contribution in [0, 0.1) is 0 Å². The molecule has 69 heavy (non-hydrogen) atoms. The summed E-state index contributed by atoms with van der Waals surface area (Å²) < 4.78 is 0. The number of aliphatic hydroxyl groups excluding tert-OH is 4. The lowest BCUT2D eigenvalue weighted by molar-refractivity contribution is -0.132. The maximum Gasteiger partial charge on any atom is 0.249 e. The lowest BCUT2D eigenvalue weighted by Gasteiger charge is -2.27. The number of amides is 1. The van der Waals surface area contributed by atoms with Crippen LogP contribution in [0.2, 0.25) is 0 Å². The van der Waals surface area contributed by atoms with Crippen molar-refractivity contribution in [3.8, 4) is 0 Å². The normalized spacial score (nSPS) is 13.8. The largest absolute Gasteiger partial charge is 0.394 e. The molecule has 410 valence electrons. The first-order chi connectivity index (χ1) is 34.0. The fourth-order valence-corrected chi connectivity index (χ4v) is 9.99. The lowest BCUT2D eigenvalue weighted by atomic mass is 10.00. The summed E-state index contributed by atoms with van der Waals surface area (Å²) in [4.78, 5) is 12.6. The van der Waals surface area contributed by atoms with Gasteiger partial charge in [0.25, 0.3) is 0 Å². The van der Waals surface area contributed by atoms with Crippen LogP contribution in [0.5, 0.6) is 0 Å². The van der Waals surface area contributed by atoms with Gasteiger partial charge in [0.15, 0.2) is 0 Å². The molecule has 0 heterocycles. The van der Waals surface area contributed by atoms with Crippen molar-refractivity contribution in [3.63, 3.8) is 0 Å². The predicted molar refractivity (Wildman–Crippen MR) is 302 cm³/mol. The molecular formula is C63H123NO5. The highest BCUT2D eigenvalue weighted by molar-refractivity contribution is 5.80. The standard InChI is InChI=1S/C63H123NO5/c1-3-5-7-9-11-13-15-17-19-21-23-25-26-27-28-29-30-31-32-33-34-35-37-39-41-43-45-47-49-51-53-55-57-61(67)63(69)64-59(58-65)62(68)60(66)56-54-52-50-48-46-44-42-40-38-36-24-22-20-18-16-14-12-10-8-6-4-2/h27-28,48,50,59-62,65-68H,3-26,29-47,49,51-58H2,1-2H3,(H,64,69)/b28-27-,50-48+. The average Bonchev–Trinajstić information content (AvgIpc) is 3.35. The maximum atomic E-state index is 12.6. The van der Waals surface area contributed by atoms with Gasteiger partial charge in [0.2, 0.25) is 5.91 Å². The van der Waals surface area contributed by atoms with Crippen molar-refractivity contribution >= 4 is 5.91 Å². The SMILES string of the molecule is CCCCCCCCCCCCCC/C=C\CCCCCCCCCCCCCCCCCCC(O)C(=O)NC(CO)C(O)C(O)CCC/C=C/CCCCCCCCCCCCCCCCCC. The Kier molecular flexibility index (Phi) is 56.7. The Hall–Kier alpha value is -1.21. The molecule has 0 aromatic rings. The molecule has 0 aliphatic heterocycles.